The Morgan fingerprint density at radius 2 is 2.00 bits per heavy atom. The number of halogens is 3. The molecule has 1 heterocycles. The first kappa shape index (κ1) is 14.6. The maximum atomic E-state index is 12.0. The third kappa shape index (κ3) is 4.69. The van der Waals surface area contributed by atoms with Crippen molar-refractivity contribution in [3.8, 4) is 5.75 Å². The molecule has 0 amide bonds. The lowest BCUT2D eigenvalue weighted by Gasteiger charge is -2.09. The average Bonchev–Trinajstić information content (AvgIpc) is 2.80. The molecule has 4 nitrogen and oxygen atoms in total. The van der Waals surface area contributed by atoms with Crippen LogP contribution in [-0.2, 0) is 0 Å². The van der Waals surface area contributed by atoms with Gasteiger partial charge in [0, 0.05) is 11.0 Å². The van der Waals surface area contributed by atoms with Gasteiger partial charge in [-0.2, -0.15) is 13.2 Å². The van der Waals surface area contributed by atoms with Crippen molar-refractivity contribution in [1.82, 2.24) is 5.16 Å². The highest BCUT2D eigenvalue weighted by atomic mass is 32.2. The second-order valence-electron chi connectivity index (χ2n) is 3.90. The van der Waals surface area contributed by atoms with Gasteiger partial charge in [-0.3, -0.25) is 0 Å². The Morgan fingerprint density at radius 1 is 1.30 bits per heavy atom. The first-order valence-electron chi connectivity index (χ1n) is 5.58. The standard InChI is InChI=1S/C12H11F3N2O2S/c1-8-6-11(16-19-8)17-20-10-4-2-9(3-5-10)18-7-12(13,14)15/h2-6H,7H2,1H3,(H,16,17). The lowest BCUT2D eigenvalue weighted by Crippen LogP contribution is -2.19. The van der Waals surface area contributed by atoms with Gasteiger partial charge in [0.05, 0.1) is 0 Å². The molecule has 0 aliphatic heterocycles. The lowest BCUT2D eigenvalue weighted by molar-refractivity contribution is -0.153. The molecule has 1 aromatic carbocycles. The van der Waals surface area contributed by atoms with Gasteiger partial charge in [-0.25, -0.2) is 0 Å². The van der Waals surface area contributed by atoms with Crippen LogP contribution >= 0.6 is 11.9 Å². The number of hydrogen-bond acceptors (Lipinski definition) is 5. The fourth-order valence-electron chi connectivity index (χ4n) is 1.29. The van der Waals surface area contributed by atoms with E-state index in [0.717, 1.165) is 4.90 Å². The van der Waals surface area contributed by atoms with Gasteiger partial charge in [-0.05, 0) is 43.1 Å². The van der Waals surface area contributed by atoms with Crippen molar-refractivity contribution >= 4 is 17.8 Å². The Balaban J connectivity index is 1.85. The largest absolute Gasteiger partial charge is 0.484 e. The summed E-state index contributed by atoms with van der Waals surface area (Å²) in [5.74, 6) is 1.43. The molecule has 2 aromatic rings. The molecule has 1 aromatic heterocycles. The summed E-state index contributed by atoms with van der Waals surface area (Å²) in [6.07, 6.45) is -4.33. The molecule has 0 spiro atoms. The molecule has 108 valence electrons. The number of nitrogens with one attached hydrogen (secondary N) is 1. The minimum Gasteiger partial charge on any atom is -0.484 e. The van der Waals surface area contributed by atoms with Crippen molar-refractivity contribution in [2.45, 2.75) is 18.0 Å². The van der Waals surface area contributed by atoms with Crippen LogP contribution in [0, 0.1) is 6.92 Å². The van der Waals surface area contributed by atoms with Gasteiger partial charge < -0.3 is 14.0 Å². The summed E-state index contributed by atoms with van der Waals surface area (Å²) in [5.41, 5.74) is 0. The molecule has 1 N–H and O–H groups in total. The second kappa shape index (κ2) is 6.08. The number of benzene rings is 1. The van der Waals surface area contributed by atoms with E-state index in [4.69, 9.17) is 4.52 Å². The highest BCUT2D eigenvalue weighted by Gasteiger charge is 2.28. The van der Waals surface area contributed by atoms with E-state index >= 15 is 0 Å². The Kier molecular flexibility index (Phi) is 4.43. The summed E-state index contributed by atoms with van der Waals surface area (Å²) < 4.78 is 48.4. The van der Waals surface area contributed by atoms with Gasteiger partial charge in [-0.15, -0.1) is 0 Å². The molecule has 20 heavy (non-hydrogen) atoms. The van der Waals surface area contributed by atoms with Crippen LogP contribution in [-0.4, -0.2) is 17.9 Å². The van der Waals surface area contributed by atoms with Crippen molar-refractivity contribution in [2.75, 3.05) is 11.3 Å². The Hall–Kier alpha value is -1.83. The van der Waals surface area contributed by atoms with Gasteiger partial charge in [0.1, 0.15) is 11.5 Å². The van der Waals surface area contributed by atoms with Crippen molar-refractivity contribution in [1.29, 1.82) is 0 Å². The minimum absolute atomic E-state index is 0.170. The van der Waals surface area contributed by atoms with E-state index in [-0.39, 0.29) is 5.75 Å². The maximum absolute atomic E-state index is 12.0. The zero-order valence-corrected chi connectivity index (χ0v) is 11.2. The predicted molar refractivity (Wildman–Crippen MR) is 68.7 cm³/mol. The Labute approximate surface area is 117 Å². The Morgan fingerprint density at radius 3 is 2.55 bits per heavy atom. The van der Waals surface area contributed by atoms with Crippen molar-refractivity contribution in [3.05, 3.63) is 36.1 Å². The van der Waals surface area contributed by atoms with Crippen molar-refractivity contribution < 1.29 is 22.4 Å². The van der Waals surface area contributed by atoms with E-state index in [9.17, 15) is 13.2 Å². The number of aryl methyl sites for hydroxylation is 1. The number of alkyl halides is 3. The summed E-state index contributed by atoms with van der Waals surface area (Å²) in [6.45, 7) is 0.478. The second-order valence-corrected chi connectivity index (χ2v) is 4.78. The molecule has 8 heteroatoms. The molecule has 0 saturated heterocycles. The van der Waals surface area contributed by atoms with E-state index in [0.29, 0.717) is 11.6 Å². The summed E-state index contributed by atoms with van der Waals surface area (Å²) >= 11 is 1.27. The zero-order valence-electron chi connectivity index (χ0n) is 10.4. The van der Waals surface area contributed by atoms with Gasteiger partial charge in [0.15, 0.2) is 12.4 Å². The molecule has 0 atom stereocenters. The fraction of sp³-hybridized carbons (Fsp3) is 0.250. The van der Waals surface area contributed by atoms with Crippen LogP contribution in [0.15, 0.2) is 39.8 Å². The van der Waals surface area contributed by atoms with Gasteiger partial charge in [0.25, 0.3) is 0 Å². The summed E-state index contributed by atoms with van der Waals surface area (Å²) in [4.78, 5) is 0.810. The molecule has 0 fully saturated rings. The molecule has 0 bridgehead atoms. The van der Waals surface area contributed by atoms with Gasteiger partial charge >= 0.3 is 6.18 Å². The predicted octanol–water partition coefficient (Wildman–Crippen LogP) is 4.04. The zero-order chi connectivity index (χ0) is 14.6. The molecule has 2 rings (SSSR count). The van der Waals surface area contributed by atoms with Crippen molar-refractivity contribution in [2.24, 2.45) is 0 Å². The summed E-state index contributed by atoms with van der Waals surface area (Å²) in [6, 6.07) is 7.98. The normalized spacial score (nSPS) is 11.4. The molecular weight excluding hydrogens is 293 g/mol. The monoisotopic (exact) mass is 304 g/mol. The lowest BCUT2D eigenvalue weighted by atomic mass is 10.3. The summed E-state index contributed by atoms with van der Waals surface area (Å²) in [5, 5.41) is 3.75. The number of rotatable bonds is 5. The fourth-order valence-corrected chi connectivity index (χ4v) is 1.89. The first-order valence-corrected chi connectivity index (χ1v) is 6.40. The highest BCUT2D eigenvalue weighted by Crippen LogP contribution is 2.24. The van der Waals surface area contributed by atoms with Crippen LogP contribution in [0.25, 0.3) is 0 Å². The molecule has 0 radical (unpaired) electrons. The number of anilines is 1. The molecule has 0 aliphatic carbocycles. The third-order valence-electron chi connectivity index (χ3n) is 2.13. The smallest absolute Gasteiger partial charge is 0.422 e. The maximum Gasteiger partial charge on any atom is 0.422 e. The van der Waals surface area contributed by atoms with E-state index in [1.54, 1.807) is 25.1 Å². The number of hydrogen-bond donors (Lipinski definition) is 1. The Bertz CT molecular complexity index is 555. The van der Waals surface area contributed by atoms with E-state index < -0.39 is 12.8 Å². The van der Waals surface area contributed by atoms with Gasteiger partial charge in [0.2, 0.25) is 0 Å². The van der Waals surface area contributed by atoms with Crippen LogP contribution < -0.4 is 9.46 Å². The van der Waals surface area contributed by atoms with E-state index in [1.807, 2.05) is 0 Å². The topological polar surface area (TPSA) is 47.3 Å². The van der Waals surface area contributed by atoms with E-state index in [1.165, 1.54) is 24.1 Å². The number of nitrogens with zero attached hydrogens (tertiary/aromatic N) is 1. The highest BCUT2D eigenvalue weighted by molar-refractivity contribution is 8.00. The van der Waals surface area contributed by atoms with Crippen LogP contribution in [0.2, 0.25) is 0 Å². The van der Waals surface area contributed by atoms with Crippen LogP contribution in [0.1, 0.15) is 5.76 Å². The number of ether oxygens (including phenoxy) is 1. The quantitative estimate of drug-likeness (QED) is 0.845. The molecule has 0 unspecified atom stereocenters. The van der Waals surface area contributed by atoms with Crippen LogP contribution in [0.3, 0.4) is 0 Å². The molecule has 0 aliphatic rings. The first-order chi connectivity index (χ1) is 9.42. The van der Waals surface area contributed by atoms with E-state index in [2.05, 4.69) is 14.6 Å². The summed E-state index contributed by atoms with van der Waals surface area (Å²) in [7, 11) is 0. The number of aromatic nitrogens is 1. The third-order valence-corrected chi connectivity index (χ3v) is 2.95. The SMILES string of the molecule is Cc1cc(NSc2ccc(OCC(F)(F)F)cc2)no1. The minimum atomic E-state index is -4.33. The average molecular weight is 304 g/mol. The molecule has 0 saturated carbocycles. The van der Waals surface area contributed by atoms with Crippen LogP contribution in [0.5, 0.6) is 5.75 Å². The van der Waals surface area contributed by atoms with Crippen molar-refractivity contribution in [3.63, 3.8) is 0 Å². The van der Waals surface area contributed by atoms with Crippen LogP contribution in [0.4, 0.5) is 19.0 Å². The molecular formula is C12H11F3N2O2S. The van der Waals surface area contributed by atoms with Gasteiger partial charge in [-0.1, -0.05) is 5.16 Å².